The van der Waals surface area contributed by atoms with Crippen LogP contribution >= 0.6 is 12.4 Å². The number of nitrogens with zero attached hydrogens (tertiary/aromatic N) is 1. The van der Waals surface area contributed by atoms with E-state index in [2.05, 4.69) is 33.9 Å². The Morgan fingerprint density at radius 1 is 1.07 bits per heavy atom. The number of furan rings is 1. The highest BCUT2D eigenvalue weighted by molar-refractivity contribution is 7.89. The first-order valence-corrected chi connectivity index (χ1v) is 10.4. The second-order valence-electron chi connectivity index (χ2n) is 6.67. The molecule has 2 aromatic carbocycles. The third kappa shape index (κ3) is 4.52. The molecule has 0 spiro atoms. The zero-order valence-electron chi connectivity index (χ0n) is 14.9. The number of nitrogens with one attached hydrogen (secondary N) is 1. The van der Waals surface area contributed by atoms with Crippen molar-refractivity contribution in [3.63, 3.8) is 0 Å². The summed E-state index contributed by atoms with van der Waals surface area (Å²) in [6.45, 7) is 3.29. The molecule has 5 nitrogen and oxygen atoms in total. The molecule has 1 aliphatic heterocycles. The standard InChI is InChI=1S/C20H22N2O3S.ClH/c23-26(24,19-6-7-20-17(14-19)9-13-25-20)21-10-3-11-22-12-8-16-4-1-2-5-18(16)15-22;/h1-2,4-7,9,13-14,21H,3,8,10-12,15H2;1H. The van der Waals surface area contributed by atoms with Crippen LogP contribution in [0.3, 0.4) is 0 Å². The first kappa shape index (κ1) is 19.9. The van der Waals surface area contributed by atoms with E-state index in [9.17, 15) is 8.42 Å². The van der Waals surface area contributed by atoms with Crippen molar-refractivity contribution in [3.8, 4) is 0 Å². The van der Waals surface area contributed by atoms with Crippen LogP contribution in [-0.4, -0.2) is 33.0 Å². The van der Waals surface area contributed by atoms with Gasteiger partial charge in [0.1, 0.15) is 5.58 Å². The lowest BCUT2D eigenvalue weighted by molar-refractivity contribution is 0.251. The lowest BCUT2D eigenvalue weighted by atomic mass is 10.00. The van der Waals surface area contributed by atoms with Crippen LogP contribution in [0, 0.1) is 0 Å². The van der Waals surface area contributed by atoms with E-state index in [-0.39, 0.29) is 17.3 Å². The molecule has 0 atom stereocenters. The lowest BCUT2D eigenvalue weighted by Crippen LogP contribution is -2.33. The monoisotopic (exact) mass is 406 g/mol. The molecular formula is C20H23ClN2O3S. The topological polar surface area (TPSA) is 62.6 Å². The predicted octanol–water partition coefficient (Wildman–Crippen LogP) is 3.58. The third-order valence-corrected chi connectivity index (χ3v) is 6.35. The molecule has 27 heavy (non-hydrogen) atoms. The zero-order chi connectivity index (χ0) is 18.0. The fourth-order valence-corrected chi connectivity index (χ4v) is 4.56. The maximum absolute atomic E-state index is 12.5. The summed E-state index contributed by atoms with van der Waals surface area (Å²) in [6, 6.07) is 15.2. The molecule has 7 heteroatoms. The average Bonchev–Trinajstić information content (AvgIpc) is 3.13. The van der Waals surface area contributed by atoms with E-state index >= 15 is 0 Å². The van der Waals surface area contributed by atoms with Crippen molar-refractivity contribution in [2.75, 3.05) is 19.6 Å². The van der Waals surface area contributed by atoms with E-state index in [1.165, 1.54) is 11.1 Å². The van der Waals surface area contributed by atoms with Crippen molar-refractivity contribution in [1.29, 1.82) is 0 Å². The first-order chi connectivity index (χ1) is 12.6. The van der Waals surface area contributed by atoms with Crippen LogP contribution in [-0.2, 0) is 23.0 Å². The Hall–Kier alpha value is -1.86. The van der Waals surface area contributed by atoms with Crippen LogP contribution in [0.5, 0.6) is 0 Å². The van der Waals surface area contributed by atoms with Gasteiger partial charge in [-0.2, -0.15) is 0 Å². The van der Waals surface area contributed by atoms with Crippen molar-refractivity contribution >= 4 is 33.4 Å². The molecule has 0 saturated heterocycles. The highest BCUT2D eigenvalue weighted by Crippen LogP contribution is 2.20. The minimum absolute atomic E-state index is 0. The van der Waals surface area contributed by atoms with Gasteiger partial charge in [0.05, 0.1) is 11.2 Å². The molecule has 0 unspecified atom stereocenters. The van der Waals surface area contributed by atoms with Crippen LogP contribution in [0.1, 0.15) is 17.5 Å². The number of hydrogen-bond donors (Lipinski definition) is 1. The van der Waals surface area contributed by atoms with Crippen molar-refractivity contribution in [3.05, 3.63) is 65.9 Å². The molecule has 4 rings (SSSR count). The fourth-order valence-electron chi connectivity index (χ4n) is 3.45. The van der Waals surface area contributed by atoms with Crippen LogP contribution in [0.25, 0.3) is 11.0 Å². The van der Waals surface area contributed by atoms with Gasteiger partial charge in [0.25, 0.3) is 0 Å². The van der Waals surface area contributed by atoms with Gasteiger partial charge in [-0.05, 0) is 54.8 Å². The summed E-state index contributed by atoms with van der Waals surface area (Å²) in [5.74, 6) is 0. The summed E-state index contributed by atoms with van der Waals surface area (Å²) in [5, 5.41) is 0.792. The van der Waals surface area contributed by atoms with Gasteiger partial charge in [-0.15, -0.1) is 12.4 Å². The van der Waals surface area contributed by atoms with E-state index < -0.39 is 10.0 Å². The Labute approximate surface area is 165 Å². The van der Waals surface area contributed by atoms with Gasteiger partial charge in [-0.25, -0.2) is 13.1 Å². The van der Waals surface area contributed by atoms with Crippen molar-refractivity contribution in [2.24, 2.45) is 0 Å². The Bertz CT molecular complexity index is 1020. The van der Waals surface area contributed by atoms with Gasteiger partial charge in [0.15, 0.2) is 0 Å². The van der Waals surface area contributed by atoms with Crippen molar-refractivity contribution < 1.29 is 12.8 Å². The highest BCUT2D eigenvalue weighted by atomic mass is 35.5. The van der Waals surface area contributed by atoms with Crippen LogP contribution in [0.15, 0.2) is 64.1 Å². The van der Waals surface area contributed by atoms with Gasteiger partial charge in [0, 0.05) is 25.0 Å². The second kappa shape index (κ2) is 8.44. The number of benzene rings is 2. The summed E-state index contributed by atoms with van der Waals surface area (Å²) >= 11 is 0. The fraction of sp³-hybridized carbons (Fsp3) is 0.300. The van der Waals surface area contributed by atoms with Gasteiger partial charge in [0.2, 0.25) is 10.0 Å². The van der Waals surface area contributed by atoms with Crippen LogP contribution in [0.4, 0.5) is 0 Å². The second-order valence-corrected chi connectivity index (χ2v) is 8.43. The summed E-state index contributed by atoms with van der Waals surface area (Å²) < 4.78 is 32.9. The van der Waals surface area contributed by atoms with Crippen molar-refractivity contribution in [2.45, 2.75) is 24.3 Å². The molecule has 144 valence electrons. The normalized spacial score (nSPS) is 14.7. The average molecular weight is 407 g/mol. The minimum atomic E-state index is -3.49. The molecule has 3 aromatic rings. The molecule has 0 bridgehead atoms. The van der Waals surface area contributed by atoms with E-state index in [0.29, 0.717) is 12.1 Å². The minimum Gasteiger partial charge on any atom is -0.464 e. The third-order valence-electron chi connectivity index (χ3n) is 4.89. The molecule has 1 aliphatic rings. The number of rotatable bonds is 6. The molecular weight excluding hydrogens is 384 g/mol. The van der Waals surface area contributed by atoms with Crippen LogP contribution in [0.2, 0.25) is 0 Å². The number of halogens is 1. The molecule has 1 aromatic heterocycles. The van der Waals surface area contributed by atoms with Gasteiger partial charge in [-0.1, -0.05) is 24.3 Å². The quantitative estimate of drug-likeness (QED) is 0.635. The Morgan fingerprint density at radius 3 is 2.74 bits per heavy atom. The Balaban J connectivity index is 0.00000210. The highest BCUT2D eigenvalue weighted by Gasteiger charge is 2.17. The molecule has 0 aliphatic carbocycles. The smallest absolute Gasteiger partial charge is 0.240 e. The van der Waals surface area contributed by atoms with Gasteiger partial charge in [-0.3, -0.25) is 4.90 Å². The molecule has 1 N–H and O–H groups in total. The van der Waals surface area contributed by atoms with E-state index in [4.69, 9.17) is 4.42 Å². The van der Waals surface area contributed by atoms with E-state index in [1.807, 2.05) is 0 Å². The van der Waals surface area contributed by atoms with E-state index in [0.717, 1.165) is 37.9 Å². The summed E-state index contributed by atoms with van der Waals surface area (Å²) in [6.07, 6.45) is 3.41. The number of sulfonamides is 1. The summed E-state index contributed by atoms with van der Waals surface area (Å²) in [5.41, 5.74) is 3.50. The zero-order valence-corrected chi connectivity index (χ0v) is 16.6. The molecule has 0 amide bonds. The molecule has 0 saturated carbocycles. The van der Waals surface area contributed by atoms with Crippen LogP contribution < -0.4 is 4.72 Å². The van der Waals surface area contributed by atoms with Gasteiger partial charge < -0.3 is 4.42 Å². The first-order valence-electron chi connectivity index (χ1n) is 8.88. The summed E-state index contributed by atoms with van der Waals surface area (Å²) in [7, 11) is -3.49. The maximum atomic E-state index is 12.5. The SMILES string of the molecule is Cl.O=S(=O)(NCCCN1CCc2ccccc2C1)c1ccc2occc2c1. The number of fused-ring (bicyclic) bond motifs is 2. The maximum Gasteiger partial charge on any atom is 0.240 e. The number of hydrogen-bond acceptors (Lipinski definition) is 4. The molecule has 0 fully saturated rings. The Morgan fingerprint density at radius 2 is 1.89 bits per heavy atom. The molecule has 0 radical (unpaired) electrons. The van der Waals surface area contributed by atoms with Crippen molar-refractivity contribution in [1.82, 2.24) is 9.62 Å². The van der Waals surface area contributed by atoms with Gasteiger partial charge >= 0.3 is 0 Å². The Kier molecular flexibility index (Phi) is 6.22. The molecule has 2 heterocycles. The van der Waals surface area contributed by atoms with E-state index in [1.54, 1.807) is 30.5 Å². The predicted molar refractivity (Wildman–Crippen MR) is 109 cm³/mol. The largest absolute Gasteiger partial charge is 0.464 e. The summed E-state index contributed by atoms with van der Waals surface area (Å²) in [4.78, 5) is 2.66. The lowest BCUT2D eigenvalue weighted by Gasteiger charge is -2.28.